The first-order valence-electron chi connectivity index (χ1n) is 6.25. The highest BCUT2D eigenvalue weighted by atomic mass is 79.9. The third-order valence-corrected chi connectivity index (χ3v) is 3.62. The van der Waals surface area contributed by atoms with Gasteiger partial charge in [0.1, 0.15) is 5.82 Å². The van der Waals surface area contributed by atoms with Gasteiger partial charge in [0.15, 0.2) is 0 Å². The zero-order valence-corrected chi connectivity index (χ0v) is 13.0. The maximum Gasteiger partial charge on any atom is 0.128 e. The summed E-state index contributed by atoms with van der Waals surface area (Å²) in [7, 11) is 0. The summed E-state index contributed by atoms with van der Waals surface area (Å²) in [5, 5.41) is 3.42. The van der Waals surface area contributed by atoms with Crippen molar-refractivity contribution in [1.82, 2.24) is 9.97 Å². The standard InChI is InChI=1S/C15H18BrN3/c1-11-7-13(16)9-18-14(11)19-10-15(2,3)12-5-4-6-17-8-12/h4-9H,10H2,1-3H3,(H,18,19). The SMILES string of the molecule is Cc1cc(Br)cnc1NCC(C)(C)c1cccnc1. The van der Waals surface area contributed by atoms with Gasteiger partial charge in [-0.1, -0.05) is 19.9 Å². The summed E-state index contributed by atoms with van der Waals surface area (Å²) in [5.41, 5.74) is 2.36. The largest absolute Gasteiger partial charge is 0.369 e. The second-order valence-electron chi connectivity index (χ2n) is 5.30. The smallest absolute Gasteiger partial charge is 0.128 e. The Labute approximate surface area is 122 Å². The first kappa shape index (κ1) is 14.0. The summed E-state index contributed by atoms with van der Waals surface area (Å²) in [6, 6.07) is 6.14. The van der Waals surface area contributed by atoms with Gasteiger partial charge in [-0.2, -0.15) is 0 Å². The number of aryl methyl sites for hydroxylation is 1. The quantitative estimate of drug-likeness (QED) is 0.927. The molecule has 0 saturated carbocycles. The normalized spacial score (nSPS) is 11.4. The van der Waals surface area contributed by atoms with Crippen LogP contribution in [-0.4, -0.2) is 16.5 Å². The summed E-state index contributed by atoms with van der Waals surface area (Å²) in [6.07, 6.45) is 5.53. The Balaban J connectivity index is 2.09. The van der Waals surface area contributed by atoms with Crippen LogP contribution in [0.5, 0.6) is 0 Å². The molecule has 2 aromatic heterocycles. The molecule has 4 heteroatoms. The van der Waals surface area contributed by atoms with E-state index in [0.717, 1.165) is 22.4 Å². The van der Waals surface area contributed by atoms with E-state index < -0.39 is 0 Å². The second-order valence-corrected chi connectivity index (χ2v) is 6.21. The predicted octanol–water partition coefficient (Wildman–Crippen LogP) is 3.94. The summed E-state index contributed by atoms with van der Waals surface area (Å²) in [5.74, 6) is 0.931. The van der Waals surface area contributed by atoms with Gasteiger partial charge < -0.3 is 5.32 Å². The van der Waals surface area contributed by atoms with Crippen LogP contribution in [0.1, 0.15) is 25.0 Å². The van der Waals surface area contributed by atoms with Crippen molar-refractivity contribution in [2.45, 2.75) is 26.2 Å². The minimum absolute atomic E-state index is 0.00938. The van der Waals surface area contributed by atoms with E-state index >= 15 is 0 Å². The van der Waals surface area contributed by atoms with Gasteiger partial charge in [-0.3, -0.25) is 4.98 Å². The number of hydrogen-bond donors (Lipinski definition) is 1. The number of halogens is 1. The molecular formula is C15H18BrN3. The molecule has 0 amide bonds. The Morgan fingerprint density at radius 2 is 2.11 bits per heavy atom. The Bertz CT molecular complexity index is 553. The van der Waals surface area contributed by atoms with E-state index in [4.69, 9.17) is 0 Å². The van der Waals surface area contributed by atoms with Gasteiger partial charge in [0.05, 0.1) is 0 Å². The van der Waals surface area contributed by atoms with Crippen LogP contribution in [0.25, 0.3) is 0 Å². The number of aromatic nitrogens is 2. The van der Waals surface area contributed by atoms with Crippen LogP contribution in [-0.2, 0) is 5.41 Å². The highest BCUT2D eigenvalue weighted by Crippen LogP contribution is 2.24. The van der Waals surface area contributed by atoms with Crippen molar-refractivity contribution in [2.75, 3.05) is 11.9 Å². The summed E-state index contributed by atoms with van der Waals surface area (Å²) in [6.45, 7) is 7.27. The molecule has 0 aliphatic heterocycles. The van der Waals surface area contributed by atoms with Crippen LogP contribution >= 0.6 is 15.9 Å². The zero-order chi connectivity index (χ0) is 13.9. The Kier molecular flexibility index (Phi) is 4.20. The molecule has 0 bridgehead atoms. The average molecular weight is 320 g/mol. The van der Waals surface area contributed by atoms with Gasteiger partial charge in [0.2, 0.25) is 0 Å². The molecule has 0 aromatic carbocycles. The first-order valence-corrected chi connectivity index (χ1v) is 7.05. The lowest BCUT2D eigenvalue weighted by molar-refractivity contribution is 0.553. The molecule has 0 atom stereocenters. The van der Waals surface area contributed by atoms with Gasteiger partial charge in [0.25, 0.3) is 0 Å². The fourth-order valence-electron chi connectivity index (χ4n) is 1.90. The highest BCUT2D eigenvalue weighted by molar-refractivity contribution is 9.10. The lowest BCUT2D eigenvalue weighted by Gasteiger charge is -2.25. The van der Waals surface area contributed by atoms with Crippen LogP contribution in [0.4, 0.5) is 5.82 Å². The molecule has 0 aliphatic carbocycles. The van der Waals surface area contributed by atoms with Crippen LogP contribution in [0.15, 0.2) is 41.3 Å². The van der Waals surface area contributed by atoms with E-state index in [-0.39, 0.29) is 5.41 Å². The Morgan fingerprint density at radius 3 is 2.74 bits per heavy atom. The van der Waals surface area contributed by atoms with Gasteiger partial charge in [-0.05, 0) is 46.1 Å². The van der Waals surface area contributed by atoms with Crippen molar-refractivity contribution in [3.8, 4) is 0 Å². The maximum absolute atomic E-state index is 4.40. The van der Waals surface area contributed by atoms with Gasteiger partial charge in [-0.15, -0.1) is 0 Å². The van der Waals surface area contributed by atoms with E-state index in [2.05, 4.69) is 64.1 Å². The molecule has 0 radical (unpaired) electrons. The van der Waals surface area contributed by atoms with Crippen molar-refractivity contribution in [2.24, 2.45) is 0 Å². The molecule has 100 valence electrons. The number of nitrogens with one attached hydrogen (secondary N) is 1. The summed E-state index contributed by atoms with van der Waals surface area (Å²) >= 11 is 3.43. The lowest BCUT2D eigenvalue weighted by Crippen LogP contribution is -2.28. The number of rotatable bonds is 4. The highest BCUT2D eigenvalue weighted by Gasteiger charge is 2.20. The third-order valence-electron chi connectivity index (χ3n) is 3.19. The topological polar surface area (TPSA) is 37.8 Å². The maximum atomic E-state index is 4.40. The Morgan fingerprint density at radius 1 is 1.32 bits per heavy atom. The van der Waals surface area contributed by atoms with E-state index in [9.17, 15) is 0 Å². The second kappa shape index (κ2) is 5.70. The number of anilines is 1. The Hall–Kier alpha value is -1.42. The molecule has 0 fully saturated rings. The van der Waals surface area contributed by atoms with Crippen molar-refractivity contribution < 1.29 is 0 Å². The fraction of sp³-hybridized carbons (Fsp3) is 0.333. The van der Waals surface area contributed by atoms with Crippen LogP contribution < -0.4 is 5.32 Å². The van der Waals surface area contributed by atoms with E-state index in [1.165, 1.54) is 5.56 Å². The average Bonchev–Trinajstić information content (AvgIpc) is 2.39. The molecule has 0 unspecified atom stereocenters. The van der Waals surface area contributed by atoms with Crippen molar-refractivity contribution in [1.29, 1.82) is 0 Å². The molecule has 0 aliphatic rings. The molecule has 0 spiro atoms. The molecule has 2 heterocycles. The lowest BCUT2D eigenvalue weighted by atomic mass is 9.85. The fourth-order valence-corrected chi connectivity index (χ4v) is 2.34. The van der Waals surface area contributed by atoms with E-state index in [1.807, 2.05) is 18.5 Å². The molecule has 1 N–H and O–H groups in total. The van der Waals surface area contributed by atoms with E-state index in [1.54, 1.807) is 6.20 Å². The minimum Gasteiger partial charge on any atom is -0.369 e. The van der Waals surface area contributed by atoms with Crippen molar-refractivity contribution in [3.63, 3.8) is 0 Å². The minimum atomic E-state index is 0.00938. The van der Waals surface area contributed by atoms with Gasteiger partial charge >= 0.3 is 0 Å². The summed E-state index contributed by atoms with van der Waals surface area (Å²) < 4.78 is 1.00. The number of hydrogen-bond acceptors (Lipinski definition) is 3. The molecule has 3 nitrogen and oxygen atoms in total. The molecule has 2 aromatic rings. The van der Waals surface area contributed by atoms with Gasteiger partial charge in [0, 0.05) is 35.0 Å². The molecular weight excluding hydrogens is 302 g/mol. The first-order chi connectivity index (χ1) is 8.99. The summed E-state index contributed by atoms with van der Waals surface area (Å²) in [4.78, 5) is 8.59. The van der Waals surface area contributed by atoms with Crippen LogP contribution in [0, 0.1) is 6.92 Å². The van der Waals surface area contributed by atoms with Gasteiger partial charge in [-0.25, -0.2) is 4.98 Å². The molecule has 19 heavy (non-hydrogen) atoms. The molecule has 0 saturated heterocycles. The van der Waals surface area contributed by atoms with Crippen molar-refractivity contribution in [3.05, 3.63) is 52.4 Å². The zero-order valence-electron chi connectivity index (χ0n) is 11.4. The predicted molar refractivity (Wildman–Crippen MR) is 82.4 cm³/mol. The van der Waals surface area contributed by atoms with Crippen molar-refractivity contribution >= 4 is 21.7 Å². The number of nitrogens with zero attached hydrogens (tertiary/aromatic N) is 2. The van der Waals surface area contributed by atoms with Crippen LogP contribution in [0.2, 0.25) is 0 Å². The number of pyridine rings is 2. The van der Waals surface area contributed by atoms with E-state index in [0.29, 0.717) is 0 Å². The monoisotopic (exact) mass is 319 g/mol. The van der Waals surface area contributed by atoms with Crippen LogP contribution in [0.3, 0.4) is 0 Å². The molecule has 2 rings (SSSR count). The third kappa shape index (κ3) is 3.53.